The Hall–Kier alpha value is -1.12. The Bertz CT molecular complexity index is 1370. The molecule has 0 aromatic carbocycles. The molecule has 2 aliphatic rings. The molecule has 41 heavy (non-hydrogen) atoms. The number of aromatic nitrogens is 4. The maximum Gasteiger partial charge on any atom is 0.296 e. The summed E-state index contributed by atoms with van der Waals surface area (Å²) in [5, 5.41) is 9.79. The molecule has 2 aromatic rings. The molecule has 4 rings (SSSR count). The van der Waals surface area contributed by atoms with Crippen molar-refractivity contribution in [2.75, 3.05) is 6.61 Å². The van der Waals surface area contributed by atoms with E-state index in [9.17, 15) is 9.90 Å². The van der Waals surface area contributed by atoms with Crippen LogP contribution < -0.4 is 5.56 Å². The van der Waals surface area contributed by atoms with Gasteiger partial charge in [0.1, 0.15) is 12.2 Å². The van der Waals surface area contributed by atoms with E-state index in [1.807, 2.05) is 13.8 Å². The minimum Gasteiger partial charge on any atom is -0.480 e. The van der Waals surface area contributed by atoms with Crippen molar-refractivity contribution in [3.63, 3.8) is 0 Å². The van der Waals surface area contributed by atoms with Gasteiger partial charge in [-0.15, -0.1) is 0 Å². The van der Waals surface area contributed by atoms with Gasteiger partial charge in [-0.3, -0.25) is 14.3 Å². The zero-order valence-corrected chi connectivity index (χ0v) is 28.4. The number of imidazole rings is 1. The van der Waals surface area contributed by atoms with E-state index in [4.69, 9.17) is 42.6 Å². The molecule has 0 amide bonds. The first-order valence-corrected chi connectivity index (χ1v) is 19.6. The first-order valence-electron chi connectivity index (χ1n) is 13.8. The van der Waals surface area contributed by atoms with Gasteiger partial charge < -0.3 is 23.3 Å². The molecule has 1 saturated carbocycles. The lowest BCUT2D eigenvalue weighted by Gasteiger charge is -2.41. The van der Waals surface area contributed by atoms with Gasteiger partial charge in [-0.2, -0.15) is 17.6 Å². The average Bonchev–Trinajstić information content (AvgIpc) is 3.39. The van der Waals surface area contributed by atoms with Crippen LogP contribution in [0.2, 0.25) is 18.1 Å². The Morgan fingerprint density at radius 2 is 2.12 bits per heavy atom. The third-order valence-corrected chi connectivity index (χ3v) is 15.3. The Morgan fingerprint density at radius 3 is 2.76 bits per heavy atom. The summed E-state index contributed by atoms with van der Waals surface area (Å²) < 4.78 is 42.2. The molecule has 230 valence electrons. The van der Waals surface area contributed by atoms with E-state index < -0.39 is 56.4 Å². The largest absolute Gasteiger partial charge is 0.480 e. The molecule has 2 fully saturated rings. The number of halogens is 1. The molecule has 3 heterocycles. The van der Waals surface area contributed by atoms with E-state index in [2.05, 4.69) is 55.4 Å². The van der Waals surface area contributed by atoms with Crippen molar-refractivity contribution in [1.82, 2.24) is 19.5 Å². The Kier molecular flexibility index (Phi) is 9.68. The number of H-pyrrole nitrogens is 1. The second kappa shape index (κ2) is 12.1. The first-order chi connectivity index (χ1) is 18.9. The Labute approximate surface area is 252 Å². The molecule has 8 atom stereocenters. The monoisotopic (exact) mass is 648 g/mol. The number of ether oxygens (including phenoxy) is 1. The molecule has 0 bridgehead atoms. The SMILES string of the molecule is C=C(C)[C@@H]1CC[C@](C)(S)[C@@H](O[PH](=S)O[C@H]2[C@@H](F)[C@H](n3cnc4c(=O)[nH]c(O)nc43)O[C@@H]2CO[Si](C)(C)C(C)(C)C)C1. The van der Waals surface area contributed by atoms with E-state index in [1.165, 1.54) is 10.9 Å². The summed E-state index contributed by atoms with van der Waals surface area (Å²) in [5.74, 6) is 0.297. The highest BCUT2D eigenvalue weighted by molar-refractivity contribution is 8.00. The summed E-state index contributed by atoms with van der Waals surface area (Å²) in [6, 6.07) is -0.608. The molecule has 1 aliphatic carbocycles. The zero-order valence-electron chi connectivity index (χ0n) is 24.6. The number of aromatic hydroxyl groups is 1. The van der Waals surface area contributed by atoms with Crippen LogP contribution in [0.3, 0.4) is 0 Å². The number of thiol groups is 1. The number of nitrogens with zero attached hydrogens (tertiary/aromatic N) is 3. The lowest BCUT2D eigenvalue weighted by atomic mass is 9.77. The summed E-state index contributed by atoms with van der Waals surface area (Å²) in [4.78, 5) is 22.4. The topological polar surface area (TPSA) is 121 Å². The van der Waals surface area contributed by atoms with Crippen molar-refractivity contribution in [3.05, 3.63) is 28.8 Å². The normalized spacial score (nSPS) is 31.9. The molecule has 1 aliphatic heterocycles. The van der Waals surface area contributed by atoms with Gasteiger partial charge in [0.05, 0.1) is 19.0 Å². The van der Waals surface area contributed by atoms with Crippen LogP contribution in [-0.2, 0) is 30.0 Å². The average molecular weight is 649 g/mol. The number of aromatic amines is 1. The number of fused-ring (bicyclic) bond motifs is 1. The van der Waals surface area contributed by atoms with Crippen LogP contribution in [0.15, 0.2) is 23.3 Å². The number of allylic oxidation sites excluding steroid dienone is 1. The van der Waals surface area contributed by atoms with Gasteiger partial charge in [-0.05, 0) is 69.0 Å². The number of alkyl halides is 1. The second-order valence-corrected chi connectivity index (χ2v) is 20.7. The van der Waals surface area contributed by atoms with Crippen molar-refractivity contribution in [2.24, 2.45) is 5.92 Å². The molecule has 1 unspecified atom stereocenters. The predicted octanol–water partition coefficient (Wildman–Crippen LogP) is 5.42. The van der Waals surface area contributed by atoms with Crippen LogP contribution in [0.1, 0.15) is 60.1 Å². The third-order valence-electron chi connectivity index (χ3n) is 8.73. The van der Waals surface area contributed by atoms with E-state index >= 15 is 4.39 Å². The van der Waals surface area contributed by atoms with Crippen LogP contribution in [0.4, 0.5) is 4.39 Å². The molecular formula is C26H42FN4O6PS2Si. The van der Waals surface area contributed by atoms with Crippen LogP contribution in [-0.4, -0.2) is 68.8 Å². The summed E-state index contributed by atoms with van der Waals surface area (Å²) in [6.07, 6.45) is -1.37. The van der Waals surface area contributed by atoms with Crippen molar-refractivity contribution in [2.45, 2.75) is 107 Å². The van der Waals surface area contributed by atoms with Crippen LogP contribution in [0.25, 0.3) is 11.2 Å². The molecular weight excluding hydrogens is 606 g/mol. The highest BCUT2D eigenvalue weighted by Crippen LogP contribution is 2.47. The minimum atomic E-state index is -2.38. The van der Waals surface area contributed by atoms with Crippen LogP contribution >= 0.6 is 19.8 Å². The quantitative estimate of drug-likeness (QED) is 0.142. The van der Waals surface area contributed by atoms with Crippen molar-refractivity contribution >= 4 is 51.1 Å². The zero-order chi connectivity index (χ0) is 30.5. The molecule has 15 heteroatoms. The van der Waals surface area contributed by atoms with Gasteiger partial charge in [0, 0.05) is 4.75 Å². The van der Waals surface area contributed by atoms with Gasteiger partial charge in [0.15, 0.2) is 39.0 Å². The number of hydrogen-bond acceptors (Lipinski definition) is 10. The Balaban J connectivity index is 1.59. The maximum absolute atomic E-state index is 16.3. The second-order valence-electron chi connectivity index (χ2n) is 12.9. The summed E-state index contributed by atoms with van der Waals surface area (Å²) in [6.45, 7) is 18.8. The lowest BCUT2D eigenvalue weighted by molar-refractivity contribution is -0.0414. The smallest absolute Gasteiger partial charge is 0.296 e. The molecule has 2 N–H and O–H groups in total. The highest BCUT2D eigenvalue weighted by Gasteiger charge is 2.50. The molecule has 0 spiro atoms. The number of rotatable bonds is 9. The number of nitrogens with one attached hydrogen (secondary N) is 1. The van der Waals surface area contributed by atoms with Gasteiger partial charge in [0.2, 0.25) is 0 Å². The van der Waals surface area contributed by atoms with E-state index in [1.54, 1.807) is 0 Å². The standard InChI is InChI=1S/C26H42FN4O6PS2Si/c1-14(2)15-9-10-26(6,39)17(11-15)36-38(40)37-20-16(12-34-41(7,8)25(3,4)5)35-23(18(20)27)31-13-28-19-21(31)29-24(33)30-22(19)32/h13,15-18,20,23,38-39H,1,9-12H2,2-8H3,(H2,29,30,32,33)/t15-,16-,17+,18-,20-,23-,26+/m1/s1. The van der Waals surface area contributed by atoms with Crippen LogP contribution in [0, 0.1) is 5.92 Å². The molecule has 0 radical (unpaired) electrons. The van der Waals surface area contributed by atoms with Gasteiger partial charge in [-0.25, -0.2) is 9.37 Å². The summed E-state index contributed by atoms with van der Waals surface area (Å²) >= 11 is 10.5. The van der Waals surface area contributed by atoms with E-state index in [0.717, 1.165) is 24.8 Å². The maximum atomic E-state index is 16.3. The molecule has 10 nitrogen and oxygen atoms in total. The van der Waals surface area contributed by atoms with E-state index in [-0.39, 0.29) is 28.9 Å². The fourth-order valence-electron chi connectivity index (χ4n) is 4.94. The minimum absolute atomic E-state index is 0.0114. The summed E-state index contributed by atoms with van der Waals surface area (Å²) in [5.41, 5.74) is 0.379. The van der Waals surface area contributed by atoms with Crippen molar-refractivity contribution in [3.8, 4) is 6.01 Å². The van der Waals surface area contributed by atoms with Crippen molar-refractivity contribution in [1.29, 1.82) is 0 Å². The first kappa shape index (κ1) is 32.8. The van der Waals surface area contributed by atoms with Gasteiger partial charge in [0.25, 0.3) is 11.6 Å². The lowest BCUT2D eigenvalue weighted by Crippen LogP contribution is -2.44. The fourth-order valence-corrected chi connectivity index (χ4v) is 8.17. The van der Waals surface area contributed by atoms with Gasteiger partial charge >= 0.3 is 0 Å². The van der Waals surface area contributed by atoms with E-state index in [0.29, 0.717) is 5.92 Å². The predicted molar refractivity (Wildman–Crippen MR) is 167 cm³/mol. The molecule has 2 aromatic heterocycles. The molecule has 1 saturated heterocycles. The van der Waals surface area contributed by atoms with Crippen LogP contribution in [0.5, 0.6) is 6.01 Å². The Morgan fingerprint density at radius 1 is 1.44 bits per heavy atom. The summed E-state index contributed by atoms with van der Waals surface area (Å²) in [7, 11) is -4.60. The number of hydrogen-bond donors (Lipinski definition) is 3. The fraction of sp³-hybridized carbons (Fsp3) is 0.731. The highest BCUT2D eigenvalue weighted by atomic mass is 32.4. The van der Waals surface area contributed by atoms with Crippen molar-refractivity contribution < 1.29 is 27.7 Å². The van der Waals surface area contributed by atoms with Gasteiger partial charge in [-0.1, -0.05) is 32.9 Å². The third kappa shape index (κ3) is 7.00.